The van der Waals surface area contributed by atoms with E-state index in [2.05, 4.69) is 9.17 Å². The number of carbonyl (C=O) groups is 1. The van der Waals surface area contributed by atoms with Gasteiger partial charge in [-0.2, -0.15) is 8.42 Å². The van der Waals surface area contributed by atoms with Crippen LogP contribution in [-0.2, 0) is 14.3 Å². The molecule has 1 heterocycles. The van der Waals surface area contributed by atoms with Gasteiger partial charge in [-0.15, -0.1) is 0 Å². The van der Waals surface area contributed by atoms with Crippen LogP contribution in [0.25, 0.3) is 10.9 Å². The number of para-hydroxylation sites is 1. The van der Waals surface area contributed by atoms with Crippen molar-refractivity contribution in [3.05, 3.63) is 46.2 Å². The topological polar surface area (TPSA) is 125 Å². The Balaban J connectivity index is 0.00000180. The van der Waals surface area contributed by atoms with Gasteiger partial charge in [0.1, 0.15) is 5.56 Å². The fourth-order valence-corrected chi connectivity index (χ4v) is 1.87. The minimum atomic E-state index is -3.94. The third-order valence-corrected chi connectivity index (χ3v) is 2.69. The first-order valence-electron chi connectivity index (χ1n) is 4.93. The van der Waals surface area contributed by atoms with Gasteiger partial charge in [0.05, 0.1) is 6.26 Å². The second-order valence-electron chi connectivity index (χ2n) is 3.65. The maximum atomic E-state index is 11.9. The molecule has 0 bridgehead atoms. The molecule has 0 aliphatic carbocycles. The van der Waals surface area contributed by atoms with E-state index >= 15 is 0 Å². The van der Waals surface area contributed by atoms with Crippen molar-refractivity contribution < 1.29 is 22.9 Å². The van der Waals surface area contributed by atoms with Crippen molar-refractivity contribution in [3.63, 3.8) is 0 Å². The van der Waals surface area contributed by atoms with Crippen LogP contribution in [0.1, 0.15) is 10.4 Å². The number of aromatic amines is 1. The number of aromatic nitrogens is 1. The average molecular weight is 285 g/mol. The molecule has 8 heteroatoms. The van der Waals surface area contributed by atoms with Crippen LogP contribution in [0.4, 0.5) is 0 Å². The van der Waals surface area contributed by atoms with E-state index < -0.39 is 21.5 Å². The molecule has 0 aliphatic heterocycles. The Labute approximate surface area is 108 Å². The molecule has 0 radical (unpaired) electrons. The van der Waals surface area contributed by atoms with E-state index in [1.165, 1.54) is 6.07 Å². The zero-order valence-electron chi connectivity index (χ0n) is 9.84. The summed E-state index contributed by atoms with van der Waals surface area (Å²) >= 11 is 0. The Morgan fingerprint density at radius 2 is 1.89 bits per heavy atom. The highest BCUT2D eigenvalue weighted by molar-refractivity contribution is 7.86. The average Bonchev–Trinajstić information content (AvgIpc) is 2.27. The summed E-state index contributed by atoms with van der Waals surface area (Å²) in [4.78, 5) is 26.2. The summed E-state index contributed by atoms with van der Waals surface area (Å²) in [6.45, 7) is 0. The van der Waals surface area contributed by atoms with E-state index in [9.17, 15) is 18.0 Å². The van der Waals surface area contributed by atoms with Crippen molar-refractivity contribution in [1.82, 2.24) is 4.98 Å². The SMILES string of the molecule is CS(=O)(=O)OC(=O)c1c[nH]c2ccccc2c1=O.O. The maximum absolute atomic E-state index is 11.9. The van der Waals surface area contributed by atoms with Gasteiger partial charge in [-0.1, -0.05) is 12.1 Å². The molecule has 0 saturated carbocycles. The summed E-state index contributed by atoms with van der Waals surface area (Å²) in [6.07, 6.45) is 1.87. The lowest BCUT2D eigenvalue weighted by Crippen LogP contribution is -2.20. The Bertz CT molecular complexity index is 777. The molecule has 0 amide bonds. The Kier molecular flexibility index (Phi) is 4.07. The summed E-state index contributed by atoms with van der Waals surface area (Å²) < 4.78 is 25.8. The molecular weight excluding hydrogens is 274 g/mol. The third kappa shape index (κ3) is 3.18. The van der Waals surface area contributed by atoms with Gasteiger partial charge in [-0.05, 0) is 12.1 Å². The minimum absolute atomic E-state index is 0. The van der Waals surface area contributed by atoms with Crippen molar-refractivity contribution in [1.29, 1.82) is 0 Å². The van der Waals surface area contributed by atoms with Gasteiger partial charge in [0, 0.05) is 17.1 Å². The van der Waals surface area contributed by atoms with Gasteiger partial charge in [0.15, 0.2) is 0 Å². The maximum Gasteiger partial charge on any atom is 0.359 e. The summed E-state index contributed by atoms with van der Waals surface area (Å²) in [5.74, 6) is -1.19. The van der Waals surface area contributed by atoms with Crippen LogP contribution in [0.2, 0.25) is 0 Å². The van der Waals surface area contributed by atoms with Gasteiger partial charge in [-0.3, -0.25) is 4.79 Å². The van der Waals surface area contributed by atoms with Crippen molar-refractivity contribution in [2.45, 2.75) is 0 Å². The summed E-state index contributed by atoms with van der Waals surface area (Å²) in [5.41, 5.74) is -0.365. The number of nitrogens with one attached hydrogen (secondary N) is 1. The normalized spacial score (nSPS) is 10.8. The van der Waals surface area contributed by atoms with Crippen LogP contribution in [0, 0.1) is 0 Å². The van der Waals surface area contributed by atoms with E-state index in [1.54, 1.807) is 18.2 Å². The molecule has 1 aromatic carbocycles. The van der Waals surface area contributed by atoms with Crippen molar-refractivity contribution in [2.24, 2.45) is 0 Å². The highest BCUT2D eigenvalue weighted by Crippen LogP contribution is 2.08. The number of fused-ring (bicyclic) bond motifs is 1. The number of hydrogen-bond acceptors (Lipinski definition) is 5. The lowest BCUT2D eigenvalue weighted by molar-refractivity contribution is 0.0747. The molecule has 0 aliphatic rings. The third-order valence-electron chi connectivity index (χ3n) is 2.24. The van der Waals surface area contributed by atoms with Gasteiger partial charge in [-0.25, -0.2) is 4.79 Å². The molecular formula is C11H11NO6S. The quantitative estimate of drug-likeness (QED) is 0.766. The summed E-state index contributed by atoms with van der Waals surface area (Å²) in [5, 5.41) is 0.292. The van der Waals surface area contributed by atoms with Crippen LogP contribution in [0.3, 0.4) is 0 Å². The molecule has 0 saturated heterocycles. The zero-order chi connectivity index (χ0) is 13.3. The number of H-pyrrole nitrogens is 1. The fourth-order valence-electron chi connectivity index (χ4n) is 1.50. The second-order valence-corrected chi connectivity index (χ2v) is 5.23. The lowest BCUT2D eigenvalue weighted by atomic mass is 10.1. The predicted octanol–water partition coefficient (Wildman–Crippen LogP) is -0.180. The Morgan fingerprint density at radius 3 is 2.53 bits per heavy atom. The second kappa shape index (κ2) is 5.21. The van der Waals surface area contributed by atoms with Crippen LogP contribution in [-0.4, -0.2) is 31.1 Å². The summed E-state index contributed by atoms with van der Waals surface area (Å²) in [7, 11) is -3.94. The minimum Gasteiger partial charge on any atom is -0.412 e. The number of rotatable bonds is 2. The van der Waals surface area contributed by atoms with Crippen molar-refractivity contribution in [2.75, 3.05) is 6.26 Å². The Hall–Kier alpha value is -2.19. The van der Waals surface area contributed by atoms with Crippen LogP contribution in [0.5, 0.6) is 0 Å². The molecule has 2 rings (SSSR count). The van der Waals surface area contributed by atoms with E-state index in [0.717, 1.165) is 12.5 Å². The number of benzene rings is 1. The largest absolute Gasteiger partial charge is 0.412 e. The number of pyridine rings is 1. The van der Waals surface area contributed by atoms with Gasteiger partial charge in [0.2, 0.25) is 5.43 Å². The molecule has 1 aromatic heterocycles. The van der Waals surface area contributed by atoms with Gasteiger partial charge < -0.3 is 14.6 Å². The number of hydrogen-bond donors (Lipinski definition) is 1. The molecule has 7 nitrogen and oxygen atoms in total. The molecule has 19 heavy (non-hydrogen) atoms. The molecule has 0 spiro atoms. The van der Waals surface area contributed by atoms with Crippen molar-refractivity contribution in [3.8, 4) is 0 Å². The van der Waals surface area contributed by atoms with Gasteiger partial charge >= 0.3 is 16.1 Å². The monoisotopic (exact) mass is 285 g/mol. The van der Waals surface area contributed by atoms with E-state index in [1.807, 2.05) is 0 Å². The summed E-state index contributed by atoms with van der Waals surface area (Å²) in [6, 6.07) is 6.57. The first-order chi connectivity index (χ1) is 8.38. The van der Waals surface area contributed by atoms with Crippen LogP contribution >= 0.6 is 0 Å². The predicted molar refractivity (Wildman–Crippen MR) is 68.4 cm³/mol. The van der Waals surface area contributed by atoms with Gasteiger partial charge in [0.25, 0.3) is 0 Å². The lowest BCUT2D eigenvalue weighted by Gasteiger charge is -2.02. The molecule has 0 atom stereocenters. The first-order valence-corrected chi connectivity index (χ1v) is 6.74. The van der Waals surface area contributed by atoms with Crippen molar-refractivity contribution >= 4 is 27.0 Å². The smallest absolute Gasteiger partial charge is 0.359 e. The highest BCUT2D eigenvalue weighted by atomic mass is 32.2. The molecule has 2 aromatic rings. The molecule has 102 valence electrons. The molecule has 0 fully saturated rings. The zero-order valence-corrected chi connectivity index (χ0v) is 10.7. The Morgan fingerprint density at radius 1 is 1.26 bits per heavy atom. The van der Waals surface area contributed by atoms with Crippen LogP contribution in [0.15, 0.2) is 35.3 Å². The molecule has 3 N–H and O–H groups in total. The van der Waals surface area contributed by atoms with E-state index in [-0.39, 0.29) is 11.0 Å². The fraction of sp³-hybridized carbons (Fsp3) is 0.0909. The van der Waals surface area contributed by atoms with E-state index in [4.69, 9.17) is 0 Å². The van der Waals surface area contributed by atoms with Crippen LogP contribution < -0.4 is 5.43 Å². The first kappa shape index (κ1) is 14.9. The van der Waals surface area contributed by atoms with E-state index in [0.29, 0.717) is 10.9 Å². The highest BCUT2D eigenvalue weighted by Gasteiger charge is 2.18. The number of carbonyl (C=O) groups excluding carboxylic acids is 1. The standard InChI is InChI=1S/C11H9NO5S.H2O/c1-18(15,16)17-11(14)8-6-12-9-5-3-2-4-7(9)10(8)13;/h2-6H,1H3,(H,12,13);1H2. The molecule has 0 unspecified atom stereocenters.